The predicted octanol–water partition coefficient (Wildman–Crippen LogP) is 7.73. The molecule has 2 aliphatic heterocycles. The molecule has 8 aromatic rings. The summed E-state index contributed by atoms with van der Waals surface area (Å²) in [6.07, 6.45) is 1.77. The number of aromatic amines is 1. The number of rotatable bonds is 1. The predicted molar refractivity (Wildman–Crippen MR) is 179 cm³/mol. The molecule has 6 heterocycles. The van der Waals surface area contributed by atoms with E-state index in [0.29, 0.717) is 51.7 Å². The van der Waals surface area contributed by atoms with Gasteiger partial charge in [0.05, 0.1) is 0 Å². The molecule has 4 aromatic heterocycles. The van der Waals surface area contributed by atoms with E-state index in [1.54, 1.807) is 6.20 Å². The lowest BCUT2D eigenvalue weighted by Gasteiger charge is -2.04. The summed E-state index contributed by atoms with van der Waals surface area (Å²) in [5.41, 5.74) is 6.28. The fourth-order valence-electron chi connectivity index (χ4n) is 6.40. The molecule has 0 unspecified atom stereocenters. The zero-order valence-corrected chi connectivity index (χ0v) is 24.1. The average molecular weight is 592 g/mol. The van der Waals surface area contributed by atoms with Crippen LogP contribution < -0.4 is 0 Å². The van der Waals surface area contributed by atoms with E-state index < -0.39 is 0 Å². The fraction of sp³-hybridized carbons (Fsp3) is 0. The Labute approximate surface area is 261 Å². The molecule has 9 heteroatoms. The molecule has 9 nitrogen and oxygen atoms in total. The van der Waals surface area contributed by atoms with Gasteiger partial charge in [0, 0.05) is 50.0 Å². The first-order valence-electron chi connectivity index (χ1n) is 14.9. The molecular weight excluding hydrogens is 570 g/mol. The minimum absolute atomic E-state index is 0.563. The molecule has 0 saturated heterocycles. The third-order valence-corrected chi connectivity index (χ3v) is 8.49. The summed E-state index contributed by atoms with van der Waals surface area (Å²) in [5, 5.41) is 3.72. The van der Waals surface area contributed by atoms with Crippen LogP contribution in [-0.4, -0.2) is 44.4 Å². The van der Waals surface area contributed by atoms with Crippen LogP contribution in [0.4, 0.5) is 0 Å². The lowest BCUT2D eigenvalue weighted by atomic mass is 10.1. The van der Waals surface area contributed by atoms with Crippen molar-refractivity contribution in [1.29, 1.82) is 0 Å². The van der Waals surface area contributed by atoms with Gasteiger partial charge in [0.2, 0.25) is 0 Å². The van der Waals surface area contributed by atoms with Crippen molar-refractivity contribution >= 4 is 44.1 Å². The van der Waals surface area contributed by atoms with Crippen LogP contribution in [0.5, 0.6) is 0 Å². The molecule has 0 amide bonds. The second-order valence-electron chi connectivity index (χ2n) is 11.1. The second kappa shape index (κ2) is 9.44. The van der Waals surface area contributed by atoms with Crippen LogP contribution in [0.2, 0.25) is 0 Å². The van der Waals surface area contributed by atoms with Crippen molar-refractivity contribution < 1.29 is 0 Å². The Balaban J connectivity index is 1.47. The largest absolute Gasteiger partial charge is 0.324 e. The molecule has 8 bridgehead atoms. The molecule has 1 N–H and O–H groups in total. The monoisotopic (exact) mass is 591 g/mol. The topological polar surface area (TPSA) is 111 Å². The Morgan fingerprint density at radius 2 is 0.804 bits per heavy atom. The SMILES string of the molecule is c1ccc(-n2c3nc4nc(nc5[nH]c(nc6nc(nc2c2ccccc23)-c2ccccc2-6)c2ccccc52)-c2ccccc2-4)nc1. The lowest BCUT2D eigenvalue weighted by molar-refractivity contribution is 1.03. The highest BCUT2D eigenvalue weighted by Gasteiger charge is 2.23. The Morgan fingerprint density at radius 1 is 0.391 bits per heavy atom. The zero-order valence-electron chi connectivity index (χ0n) is 24.1. The summed E-state index contributed by atoms with van der Waals surface area (Å²) in [4.78, 5) is 39.0. The smallest absolute Gasteiger partial charge is 0.164 e. The number of H-pyrrole nitrogens is 1. The number of benzene rings is 4. The summed E-state index contributed by atoms with van der Waals surface area (Å²) in [6.45, 7) is 0. The van der Waals surface area contributed by atoms with Gasteiger partial charge in [-0.05, 0) is 12.1 Å². The summed E-state index contributed by atoms with van der Waals surface area (Å²) < 4.78 is 1.99. The number of hydrogen-bond donors (Lipinski definition) is 1. The molecule has 46 heavy (non-hydrogen) atoms. The van der Waals surface area contributed by atoms with Crippen LogP contribution in [-0.2, 0) is 0 Å². The van der Waals surface area contributed by atoms with Crippen molar-refractivity contribution in [2.75, 3.05) is 0 Å². The third-order valence-electron chi connectivity index (χ3n) is 8.49. The van der Waals surface area contributed by atoms with Crippen LogP contribution in [0.15, 0.2) is 121 Å². The van der Waals surface area contributed by atoms with E-state index in [0.717, 1.165) is 43.8 Å². The first-order valence-corrected chi connectivity index (χ1v) is 14.9. The van der Waals surface area contributed by atoms with E-state index in [1.807, 2.05) is 108 Å². The standard InChI is InChI=1S/C37H21N9/c1-2-12-22-21(11-1)30-39-31(22)41-33-24-14-4-6-16-26(24)35(43-33)45-37-28-18-8-7-17-27(28)36(46(37)29-19-9-10-20-38-29)44-34-25-15-5-3-13-23(25)32(40-30)42-34/h1-20H,(H,39,40,41,42,43,44,45). The first kappa shape index (κ1) is 24.8. The van der Waals surface area contributed by atoms with Crippen molar-refractivity contribution in [2.24, 2.45) is 0 Å². The van der Waals surface area contributed by atoms with Gasteiger partial charge < -0.3 is 4.98 Å². The van der Waals surface area contributed by atoms with Crippen molar-refractivity contribution in [1.82, 2.24) is 44.4 Å². The fourth-order valence-corrected chi connectivity index (χ4v) is 6.40. The normalized spacial score (nSPS) is 11.9. The summed E-state index contributed by atoms with van der Waals surface area (Å²) in [7, 11) is 0. The highest BCUT2D eigenvalue weighted by atomic mass is 15.2. The van der Waals surface area contributed by atoms with E-state index in [9.17, 15) is 0 Å². The van der Waals surface area contributed by atoms with Gasteiger partial charge >= 0.3 is 0 Å². The minimum atomic E-state index is 0.563. The number of hydrogen-bond acceptors (Lipinski definition) is 7. The maximum atomic E-state index is 5.27. The Morgan fingerprint density at radius 3 is 1.26 bits per heavy atom. The van der Waals surface area contributed by atoms with Gasteiger partial charge in [-0.1, -0.05) is 103 Å². The van der Waals surface area contributed by atoms with Crippen molar-refractivity contribution in [3.8, 4) is 51.4 Å². The summed E-state index contributed by atoms with van der Waals surface area (Å²) in [6, 6.07) is 38.1. The van der Waals surface area contributed by atoms with Crippen LogP contribution >= 0.6 is 0 Å². The van der Waals surface area contributed by atoms with Crippen LogP contribution in [0.25, 0.3) is 95.5 Å². The molecular formula is C37H21N9. The van der Waals surface area contributed by atoms with E-state index in [-0.39, 0.29) is 0 Å². The number of aromatic nitrogens is 9. The minimum Gasteiger partial charge on any atom is -0.324 e. The van der Waals surface area contributed by atoms with Crippen LogP contribution in [0.1, 0.15) is 0 Å². The Bertz CT molecular complexity index is 2550. The van der Waals surface area contributed by atoms with Gasteiger partial charge in [-0.3, -0.25) is 4.57 Å². The number of nitrogens with one attached hydrogen (secondary N) is 1. The second-order valence-corrected chi connectivity index (χ2v) is 11.1. The van der Waals surface area contributed by atoms with Crippen molar-refractivity contribution in [3.63, 3.8) is 0 Å². The molecule has 2 aliphatic rings. The quantitative estimate of drug-likeness (QED) is 0.208. The molecule has 214 valence electrons. The number of pyridine rings is 1. The maximum Gasteiger partial charge on any atom is 0.164 e. The molecule has 10 rings (SSSR count). The van der Waals surface area contributed by atoms with Gasteiger partial charge in [-0.2, -0.15) is 0 Å². The van der Waals surface area contributed by atoms with E-state index in [4.69, 9.17) is 34.9 Å². The molecule has 0 aliphatic carbocycles. The molecule has 0 spiro atoms. The van der Waals surface area contributed by atoms with E-state index in [2.05, 4.69) is 17.1 Å². The van der Waals surface area contributed by atoms with Crippen molar-refractivity contribution in [3.05, 3.63) is 121 Å². The van der Waals surface area contributed by atoms with Crippen LogP contribution in [0.3, 0.4) is 0 Å². The molecule has 0 saturated carbocycles. The van der Waals surface area contributed by atoms with Gasteiger partial charge in [-0.25, -0.2) is 34.9 Å². The third kappa shape index (κ3) is 3.59. The molecule has 4 aromatic carbocycles. The first-order chi connectivity index (χ1) is 22.8. The number of fused-ring (bicyclic) bond motifs is 20. The van der Waals surface area contributed by atoms with E-state index >= 15 is 0 Å². The Hall–Kier alpha value is -6.61. The van der Waals surface area contributed by atoms with Crippen LogP contribution in [0, 0.1) is 0 Å². The average Bonchev–Trinajstić information content (AvgIpc) is 3.83. The molecule has 0 atom stereocenters. The van der Waals surface area contributed by atoms with E-state index in [1.165, 1.54) is 0 Å². The van der Waals surface area contributed by atoms with Gasteiger partial charge in [0.1, 0.15) is 17.1 Å². The summed E-state index contributed by atoms with van der Waals surface area (Å²) >= 11 is 0. The molecule has 0 fully saturated rings. The maximum absolute atomic E-state index is 5.27. The highest BCUT2D eigenvalue weighted by molar-refractivity contribution is 6.07. The zero-order chi connectivity index (χ0) is 30.2. The van der Waals surface area contributed by atoms with Gasteiger partial charge in [0.15, 0.2) is 34.6 Å². The summed E-state index contributed by atoms with van der Waals surface area (Å²) in [5.74, 6) is 2.96. The Kier molecular flexibility index (Phi) is 5.09. The van der Waals surface area contributed by atoms with Crippen molar-refractivity contribution in [2.45, 2.75) is 0 Å². The van der Waals surface area contributed by atoms with Gasteiger partial charge in [-0.15, -0.1) is 0 Å². The highest BCUT2D eigenvalue weighted by Crippen LogP contribution is 2.37. The molecule has 0 radical (unpaired) electrons. The van der Waals surface area contributed by atoms with Gasteiger partial charge in [0.25, 0.3) is 0 Å². The lowest BCUT2D eigenvalue weighted by Crippen LogP contribution is -1.99. The number of nitrogens with zero attached hydrogens (tertiary/aromatic N) is 8.